The smallest absolute Gasteiger partial charge is 0.211 e. The number of aryl methyl sites for hydroxylation is 1. The molecule has 4 heteroatoms. The minimum absolute atomic E-state index is 0.190. The number of hydrogen-bond acceptors (Lipinski definition) is 4. The van der Waals surface area contributed by atoms with Crippen molar-refractivity contribution < 1.29 is 9.52 Å². The van der Waals surface area contributed by atoms with Crippen molar-refractivity contribution in [2.24, 2.45) is 5.73 Å². The number of phenolic OH excluding ortho intramolecular Hbond substituents is 1. The second-order valence-electron chi connectivity index (χ2n) is 3.76. The van der Waals surface area contributed by atoms with Gasteiger partial charge in [0.05, 0.1) is 6.04 Å². The summed E-state index contributed by atoms with van der Waals surface area (Å²) in [4.78, 5) is 4.29. The largest absolute Gasteiger partial charge is 0.507 e. The van der Waals surface area contributed by atoms with Crippen LogP contribution in [0.2, 0.25) is 0 Å². The zero-order valence-electron chi connectivity index (χ0n) is 9.27. The lowest BCUT2D eigenvalue weighted by Crippen LogP contribution is -2.04. The zero-order chi connectivity index (χ0) is 11.7. The number of rotatable bonds is 2. The van der Waals surface area contributed by atoms with Gasteiger partial charge in [-0.25, -0.2) is 4.98 Å². The van der Waals surface area contributed by atoms with Crippen LogP contribution in [0.5, 0.6) is 5.75 Å². The van der Waals surface area contributed by atoms with Crippen molar-refractivity contribution in [1.29, 1.82) is 0 Å². The third kappa shape index (κ3) is 1.79. The Labute approximate surface area is 93.7 Å². The molecule has 84 valence electrons. The van der Waals surface area contributed by atoms with Gasteiger partial charge in [-0.3, -0.25) is 0 Å². The van der Waals surface area contributed by atoms with Crippen molar-refractivity contribution in [3.05, 3.63) is 35.9 Å². The van der Waals surface area contributed by atoms with Crippen molar-refractivity contribution >= 4 is 0 Å². The Kier molecular flexibility index (Phi) is 2.66. The predicted octanol–water partition coefficient (Wildman–Crippen LogP) is 2.38. The number of aromatic hydroxyl groups is 1. The molecule has 3 N–H and O–H groups in total. The number of nitrogens with zero attached hydrogens (tertiary/aromatic N) is 1. The Morgan fingerprint density at radius 2 is 2.06 bits per heavy atom. The summed E-state index contributed by atoms with van der Waals surface area (Å²) >= 11 is 0. The van der Waals surface area contributed by atoms with E-state index in [0.717, 1.165) is 0 Å². The summed E-state index contributed by atoms with van der Waals surface area (Å²) in [5.74, 6) is 1.33. The molecule has 2 rings (SSSR count). The highest BCUT2D eigenvalue weighted by atomic mass is 16.4. The number of nitrogens with two attached hydrogens (primary N) is 1. The Bertz CT molecular complexity index is 503. The fourth-order valence-electron chi connectivity index (χ4n) is 1.54. The minimum atomic E-state index is -0.252. The number of para-hydroxylation sites is 1. The van der Waals surface area contributed by atoms with Gasteiger partial charge in [0.15, 0.2) is 0 Å². The molecule has 16 heavy (non-hydrogen) atoms. The van der Waals surface area contributed by atoms with Gasteiger partial charge >= 0.3 is 0 Å². The summed E-state index contributed by atoms with van der Waals surface area (Å²) < 4.78 is 5.44. The van der Waals surface area contributed by atoms with Crippen LogP contribution in [0.4, 0.5) is 0 Å². The van der Waals surface area contributed by atoms with Gasteiger partial charge in [0.25, 0.3) is 0 Å². The average Bonchev–Trinajstić information content (AvgIpc) is 2.61. The van der Waals surface area contributed by atoms with Crippen LogP contribution in [0.25, 0.3) is 11.3 Å². The topological polar surface area (TPSA) is 72.3 Å². The van der Waals surface area contributed by atoms with Gasteiger partial charge in [0.2, 0.25) is 5.89 Å². The first-order chi connectivity index (χ1) is 7.59. The first-order valence-corrected chi connectivity index (χ1v) is 5.11. The number of aromatic nitrogens is 1. The zero-order valence-corrected chi connectivity index (χ0v) is 9.27. The van der Waals surface area contributed by atoms with Gasteiger partial charge in [-0.2, -0.15) is 0 Å². The molecule has 0 saturated carbocycles. The van der Waals surface area contributed by atoms with Gasteiger partial charge in [0, 0.05) is 5.56 Å². The highest BCUT2D eigenvalue weighted by Crippen LogP contribution is 2.31. The molecule has 0 radical (unpaired) electrons. The van der Waals surface area contributed by atoms with Crippen LogP contribution in [0, 0.1) is 6.92 Å². The molecule has 1 unspecified atom stereocenters. The quantitative estimate of drug-likeness (QED) is 0.811. The first kappa shape index (κ1) is 10.7. The standard InChI is InChI=1S/C12H14N2O2/c1-7(13)12-14-11(8(2)16-12)9-5-3-4-6-10(9)15/h3-7,15H,13H2,1-2H3. The molecule has 1 heterocycles. The lowest BCUT2D eigenvalue weighted by molar-refractivity contribution is 0.444. The molecule has 0 aliphatic heterocycles. The van der Waals surface area contributed by atoms with Crippen LogP contribution in [-0.2, 0) is 0 Å². The van der Waals surface area contributed by atoms with Gasteiger partial charge in [-0.1, -0.05) is 12.1 Å². The summed E-state index contributed by atoms with van der Waals surface area (Å²) in [6.45, 7) is 3.61. The van der Waals surface area contributed by atoms with Crippen LogP contribution in [-0.4, -0.2) is 10.1 Å². The van der Waals surface area contributed by atoms with Gasteiger partial charge in [-0.15, -0.1) is 0 Å². The molecule has 1 aromatic carbocycles. The molecule has 4 nitrogen and oxygen atoms in total. The van der Waals surface area contributed by atoms with E-state index >= 15 is 0 Å². The summed E-state index contributed by atoms with van der Waals surface area (Å²) in [6, 6.07) is 6.77. The number of phenols is 1. The Balaban J connectivity index is 2.52. The van der Waals surface area contributed by atoms with E-state index in [1.165, 1.54) is 0 Å². The average molecular weight is 218 g/mol. The molecule has 0 amide bonds. The SMILES string of the molecule is Cc1oc(C(C)N)nc1-c1ccccc1O. The van der Waals surface area contributed by atoms with Crippen LogP contribution in [0.3, 0.4) is 0 Å². The normalized spacial score (nSPS) is 12.7. The number of hydrogen-bond donors (Lipinski definition) is 2. The maximum Gasteiger partial charge on any atom is 0.211 e. The van der Waals surface area contributed by atoms with E-state index in [-0.39, 0.29) is 11.8 Å². The monoisotopic (exact) mass is 218 g/mol. The van der Waals surface area contributed by atoms with E-state index in [1.807, 2.05) is 6.07 Å². The molecule has 2 aromatic rings. The number of benzene rings is 1. The van der Waals surface area contributed by atoms with Crippen molar-refractivity contribution in [3.8, 4) is 17.0 Å². The molecule has 1 atom stereocenters. The molecular weight excluding hydrogens is 204 g/mol. The van der Waals surface area contributed by atoms with E-state index in [2.05, 4.69) is 4.98 Å². The highest BCUT2D eigenvalue weighted by molar-refractivity contribution is 5.68. The van der Waals surface area contributed by atoms with E-state index in [0.29, 0.717) is 22.9 Å². The second kappa shape index (κ2) is 3.98. The summed E-state index contributed by atoms with van der Waals surface area (Å²) in [7, 11) is 0. The highest BCUT2D eigenvalue weighted by Gasteiger charge is 2.16. The molecule has 0 saturated heterocycles. The summed E-state index contributed by atoms with van der Waals surface area (Å²) in [5.41, 5.74) is 7.00. The van der Waals surface area contributed by atoms with Crippen molar-refractivity contribution in [2.75, 3.05) is 0 Å². The van der Waals surface area contributed by atoms with Crippen molar-refractivity contribution in [2.45, 2.75) is 19.9 Å². The third-order valence-electron chi connectivity index (χ3n) is 2.36. The Hall–Kier alpha value is -1.81. The Morgan fingerprint density at radius 3 is 2.62 bits per heavy atom. The van der Waals surface area contributed by atoms with Crippen LogP contribution in [0.15, 0.2) is 28.7 Å². The maximum absolute atomic E-state index is 9.72. The molecule has 0 aliphatic carbocycles. The Morgan fingerprint density at radius 1 is 1.38 bits per heavy atom. The van der Waals surface area contributed by atoms with Crippen LogP contribution < -0.4 is 5.73 Å². The molecule has 0 fully saturated rings. The predicted molar refractivity (Wildman–Crippen MR) is 60.9 cm³/mol. The summed E-state index contributed by atoms with van der Waals surface area (Å²) in [5, 5.41) is 9.72. The summed E-state index contributed by atoms with van der Waals surface area (Å²) in [6.07, 6.45) is 0. The van der Waals surface area contributed by atoms with Crippen molar-refractivity contribution in [1.82, 2.24) is 4.98 Å². The molecule has 1 aromatic heterocycles. The first-order valence-electron chi connectivity index (χ1n) is 5.11. The van der Waals surface area contributed by atoms with E-state index in [1.54, 1.807) is 32.0 Å². The van der Waals surface area contributed by atoms with E-state index in [4.69, 9.17) is 10.2 Å². The maximum atomic E-state index is 9.72. The van der Waals surface area contributed by atoms with Gasteiger partial charge in [-0.05, 0) is 26.0 Å². The number of oxazole rings is 1. The van der Waals surface area contributed by atoms with Crippen LogP contribution in [0.1, 0.15) is 24.6 Å². The molecular formula is C12H14N2O2. The van der Waals surface area contributed by atoms with Gasteiger partial charge < -0.3 is 15.3 Å². The van der Waals surface area contributed by atoms with Crippen molar-refractivity contribution in [3.63, 3.8) is 0 Å². The second-order valence-corrected chi connectivity index (χ2v) is 3.76. The van der Waals surface area contributed by atoms with E-state index < -0.39 is 0 Å². The molecule has 0 spiro atoms. The lowest BCUT2D eigenvalue weighted by atomic mass is 10.1. The van der Waals surface area contributed by atoms with Gasteiger partial charge in [0.1, 0.15) is 17.2 Å². The van der Waals surface area contributed by atoms with E-state index in [9.17, 15) is 5.11 Å². The lowest BCUT2D eigenvalue weighted by Gasteiger charge is -2.00. The fourth-order valence-corrected chi connectivity index (χ4v) is 1.54. The van der Waals surface area contributed by atoms with Crippen LogP contribution >= 0.6 is 0 Å². The fraction of sp³-hybridized carbons (Fsp3) is 0.250. The third-order valence-corrected chi connectivity index (χ3v) is 2.36. The molecule has 0 bridgehead atoms. The minimum Gasteiger partial charge on any atom is -0.507 e. The molecule has 0 aliphatic rings.